The normalized spacial score (nSPS) is 11.0. The first-order valence-electron chi connectivity index (χ1n) is 11.1. The first-order chi connectivity index (χ1) is 16.2. The third kappa shape index (κ3) is 7.16. The van der Waals surface area contributed by atoms with Gasteiger partial charge in [-0.2, -0.15) is 0 Å². The number of aliphatic hydroxyl groups excluding tert-OH is 1. The van der Waals surface area contributed by atoms with Gasteiger partial charge in [0.2, 0.25) is 0 Å². The molecule has 0 unspecified atom stereocenters. The van der Waals surface area contributed by atoms with Gasteiger partial charge in [-0.15, -0.1) is 0 Å². The molecule has 0 heterocycles. The van der Waals surface area contributed by atoms with E-state index >= 15 is 0 Å². The summed E-state index contributed by atoms with van der Waals surface area (Å²) in [6.07, 6.45) is 5.11. The number of fused-ring (bicyclic) bond motifs is 2. The van der Waals surface area contributed by atoms with Crippen molar-refractivity contribution in [3.8, 4) is 11.5 Å². The van der Waals surface area contributed by atoms with Crippen LogP contribution in [0, 0.1) is 0 Å². The van der Waals surface area contributed by atoms with E-state index in [0.29, 0.717) is 24.2 Å². The Labute approximate surface area is 211 Å². The van der Waals surface area contributed by atoms with Gasteiger partial charge in [0.05, 0.1) is 0 Å². The molecular weight excluding hydrogens is 476 g/mol. The van der Waals surface area contributed by atoms with Crippen LogP contribution in [0.1, 0.15) is 30.9 Å². The van der Waals surface area contributed by atoms with Gasteiger partial charge < -0.3 is 15.3 Å². The molecule has 0 aliphatic rings. The Morgan fingerprint density at radius 1 is 0.676 bits per heavy atom. The number of rotatable bonds is 7. The van der Waals surface area contributed by atoms with Gasteiger partial charge in [0.25, 0.3) is 0 Å². The van der Waals surface area contributed by atoms with Crippen LogP contribution in [-0.2, 0) is 17.1 Å². The van der Waals surface area contributed by atoms with E-state index < -0.39 is 0 Å². The van der Waals surface area contributed by atoms with Gasteiger partial charge in [-0.05, 0) is 52.4 Å². The van der Waals surface area contributed by atoms with E-state index in [-0.39, 0.29) is 35.2 Å². The Kier molecular flexibility index (Phi) is 11.3. The Morgan fingerprint density at radius 2 is 1.06 bits per heavy atom. The van der Waals surface area contributed by atoms with Crippen LogP contribution in [0.25, 0.3) is 21.5 Å². The molecule has 0 aliphatic carbocycles. The van der Waals surface area contributed by atoms with Crippen LogP contribution in [0.3, 0.4) is 0 Å². The Hall–Kier alpha value is -3.18. The van der Waals surface area contributed by atoms with Crippen LogP contribution in [0.5, 0.6) is 11.5 Å². The topological polar surface area (TPSA) is 91.1 Å². The van der Waals surface area contributed by atoms with Gasteiger partial charge in [-0.25, -0.2) is 0 Å². The second-order valence-corrected chi connectivity index (χ2v) is 7.49. The summed E-state index contributed by atoms with van der Waals surface area (Å²) in [5, 5.41) is 35.8. The fourth-order valence-corrected chi connectivity index (χ4v) is 3.54. The van der Waals surface area contributed by atoms with Gasteiger partial charge in [0.1, 0.15) is 0 Å². The van der Waals surface area contributed by atoms with E-state index in [1.165, 1.54) is 0 Å². The number of benzene rings is 4. The van der Waals surface area contributed by atoms with Gasteiger partial charge in [-0.1, -0.05) is 84.3 Å². The van der Waals surface area contributed by atoms with Crippen molar-refractivity contribution in [2.75, 3.05) is 19.7 Å². The zero-order valence-electron chi connectivity index (χ0n) is 19.1. The van der Waals surface area contributed by atoms with Crippen molar-refractivity contribution in [1.82, 2.24) is 0 Å². The summed E-state index contributed by atoms with van der Waals surface area (Å²) in [4.78, 5) is 8.87. The molecule has 0 atom stereocenters. The zero-order valence-corrected chi connectivity index (χ0v) is 20.0. The minimum Gasteiger partial charge on any atom is -0.872 e. The van der Waals surface area contributed by atoms with Crippen molar-refractivity contribution in [3.05, 3.63) is 83.9 Å². The minimum absolute atomic E-state index is 0. The van der Waals surface area contributed by atoms with Crippen molar-refractivity contribution in [1.29, 1.82) is 0 Å². The van der Waals surface area contributed by atoms with Crippen LogP contribution < -0.4 is 10.2 Å². The largest absolute Gasteiger partial charge is 2.00 e. The second kappa shape index (κ2) is 14.2. The quantitative estimate of drug-likeness (QED) is 0.229. The summed E-state index contributed by atoms with van der Waals surface area (Å²) in [6.45, 7) is 3.21. The average molecular weight is 504 g/mol. The Balaban J connectivity index is 0.000000970. The SMILES string of the molecule is CCO.[Cu+2].[O-]c1ccc2ccccc2c1C=NCCCCN=Cc1c([O-])ccc2ccccc12. The van der Waals surface area contributed by atoms with Crippen molar-refractivity contribution in [2.45, 2.75) is 19.8 Å². The van der Waals surface area contributed by atoms with E-state index in [2.05, 4.69) is 9.98 Å². The monoisotopic (exact) mass is 503 g/mol. The van der Waals surface area contributed by atoms with Gasteiger partial charge in [-0.3, -0.25) is 9.98 Å². The summed E-state index contributed by atoms with van der Waals surface area (Å²) in [5.74, 6) is -0.0175. The van der Waals surface area contributed by atoms with Crippen LogP contribution >= 0.6 is 0 Å². The van der Waals surface area contributed by atoms with E-state index in [1.807, 2.05) is 60.7 Å². The molecule has 179 valence electrons. The summed E-state index contributed by atoms with van der Waals surface area (Å²) in [7, 11) is 0. The smallest absolute Gasteiger partial charge is 0.872 e. The molecule has 0 aliphatic heterocycles. The molecule has 0 amide bonds. The van der Waals surface area contributed by atoms with Gasteiger partial charge in [0.15, 0.2) is 0 Å². The van der Waals surface area contributed by atoms with Crippen LogP contribution in [0.2, 0.25) is 0 Å². The summed E-state index contributed by atoms with van der Waals surface area (Å²) < 4.78 is 0. The molecule has 1 radical (unpaired) electrons. The fraction of sp³-hybridized carbons (Fsp3) is 0.214. The number of aliphatic hydroxyl groups is 1. The molecule has 4 aromatic carbocycles. The minimum atomic E-state index is -0.00875. The zero-order chi connectivity index (χ0) is 23.5. The van der Waals surface area contributed by atoms with Crippen LogP contribution in [0.15, 0.2) is 82.8 Å². The third-order valence-corrected chi connectivity index (χ3v) is 5.13. The number of hydrogen-bond acceptors (Lipinski definition) is 5. The molecule has 34 heavy (non-hydrogen) atoms. The standard InChI is InChI=1S/C26H24N2O2.C2H6O.Cu/c29-25-13-11-19-7-1-3-9-21(19)23(25)17-27-15-5-6-16-28-18-24-22-10-4-2-8-20(22)12-14-26(24)30;1-2-3;/h1-4,7-14,17-18,29-30H,5-6,15-16H2;3H,2H2,1H3;/q;;+2/p-2. The molecule has 0 bridgehead atoms. The van der Waals surface area contributed by atoms with E-state index in [0.717, 1.165) is 34.4 Å². The number of unbranched alkanes of at least 4 members (excludes halogenated alkanes) is 1. The average Bonchev–Trinajstić information content (AvgIpc) is 2.83. The third-order valence-electron chi connectivity index (χ3n) is 5.13. The molecule has 6 heteroatoms. The van der Waals surface area contributed by atoms with Gasteiger partial charge in [0, 0.05) is 32.1 Å². The predicted molar refractivity (Wildman–Crippen MR) is 134 cm³/mol. The number of aliphatic imine (C=N–C) groups is 2. The molecule has 0 fully saturated rings. The Bertz CT molecular complexity index is 1160. The van der Waals surface area contributed by atoms with Crippen molar-refractivity contribution in [2.24, 2.45) is 9.98 Å². The van der Waals surface area contributed by atoms with E-state index in [4.69, 9.17) is 5.11 Å². The molecule has 0 saturated heterocycles. The molecular formula is C28H28CuN2O3. The molecule has 4 rings (SSSR count). The summed E-state index contributed by atoms with van der Waals surface area (Å²) >= 11 is 0. The Morgan fingerprint density at radius 3 is 1.47 bits per heavy atom. The molecule has 0 saturated carbocycles. The maximum Gasteiger partial charge on any atom is 2.00 e. The summed E-state index contributed by atoms with van der Waals surface area (Å²) in [6, 6.07) is 22.5. The van der Waals surface area contributed by atoms with E-state index in [9.17, 15) is 10.2 Å². The molecule has 5 nitrogen and oxygen atoms in total. The molecule has 4 aromatic rings. The maximum absolute atomic E-state index is 12.2. The second-order valence-electron chi connectivity index (χ2n) is 7.49. The van der Waals surface area contributed by atoms with Gasteiger partial charge >= 0.3 is 17.1 Å². The summed E-state index contributed by atoms with van der Waals surface area (Å²) in [5.41, 5.74) is 1.29. The first-order valence-corrected chi connectivity index (χ1v) is 11.1. The fourth-order valence-electron chi connectivity index (χ4n) is 3.54. The predicted octanol–water partition coefficient (Wildman–Crippen LogP) is 4.45. The molecule has 0 spiro atoms. The molecule has 0 aromatic heterocycles. The van der Waals surface area contributed by atoms with E-state index in [1.54, 1.807) is 31.5 Å². The van der Waals surface area contributed by atoms with Crippen molar-refractivity contribution in [3.63, 3.8) is 0 Å². The van der Waals surface area contributed by atoms with Crippen LogP contribution in [0.4, 0.5) is 0 Å². The van der Waals surface area contributed by atoms with Crippen molar-refractivity contribution < 1.29 is 32.4 Å². The van der Waals surface area contributed by atoms with Crippen LogP contribution in [-0.4, -0.2) is 37.2 Å². The van der Waals surface area contributed by atoms with Crippen molar-refractivity contribution >= 4 is 34.0 Å². The number of nitrogens with zero attached hydrogens (tertiary/aromatic N) is 2. The first kappa shape index (κ1) is 27.1. The maximum atomic E-state index is 12.2. The molecule has 1 N–H and O–H groups in total. The number of hydrogen-bond donors (Lipinski definition) is 1.